The molecule has 0 unspecified atom stereocenters. The first-order chi connectivity index (χ1) is 12.0. The Labute approximate surface area is 161 Å². The summed E-state index contributed by atoms with van der Waals surface area (Å²) in [6, 6.07) is 20.6. The highest BCUT2D eigenvalue weighted by Gasteiger charge is 2.48. The second-order valence-corrected chi connectivity index (χ2v) is 7.48. The first-order valence-corrected chi connectivity index (χ1v) is 9.19. The van der Waals surface area contributed by atoms with Crippen molar-refractivity contribution in [2.45, 2.75) is 5.60 Å². The first kappa shape index (κ1) is 16.4. The molecule has 124 valence electrons. The zero-order chi connectivity index (χ0) is 17.6. The summed E-state index contributed by atoms with van der Waals surface area (Å²) in [5.41, 5.74) is 1.86. The molecule has 3 nitrogen and oxygen atoms in total. The minimum absolute atomic E-state index is 0.101. The van der Waals surface area contributed by atoms with E-state index >= 15 is 0 Å². The number of cyclic esters (lactones) is 1. The van der Waals surface area contributed by atoms with E-state index in [1.807, 2.05) is 48.5 Å². The van der Waals surface area contributed by atoms with E-state index < -0.39 is 5.60 Å². The van der Waals surface area contributed by atoms with Crippen LogP contribution in [0.15, 0.2) is 75.7 Å². The summed E-state index contributed by atoms with van der Waals surface area (Å²) in [7, 11) is 0. The monoisotopic (exact) mass is 458 g/mol. The molecule has 0 fully saturated rings. The summed E-state index contributed by atoms with van der Waals surface area (Å²) in [6.07, 6.45) is 0. The van der Waals surface area contributed by atoms with Gasteiger partial charge in [-0.25, -0.2) is 4.79 Å². The molecule has 1 aliphatic heterocycles. The molecule has 3 aromatic rings. The fraction of sp³-hybridized carbons (Fsp3) is 0.0500. The Morgan fingerprint density at radius 1 is 0.840 bits per heavy atom. The Hall–Kier alpha value is -2.11. The lowest BCUT2D eigenvalue weighted by Crippen LogP contribution is -2.29. The van der Waals surface area contributed by atoms with Crippen molar-refractivity contribution in [3.63, 3.8) is 0 Å². The van der Waals surface area contributed by atoms with E-state index in [-0.39, 0.29) is 11.7 Å². The molecule has 1 aliphatic rings. The molecule has 0 aliphatic carbocycles. The maximum absolute atomic E-state index is 12.6. The molecule has 0 radical (unpaired) electrons. The van der Waals surface area contributed by atoms with Crippen molar-refractivity contribution in [1.29, 1.82) is 0 Å². The van der Waals surface area contributed by atoms with E-state index in [1.165, 1.54) is 0 Å². The maximum Gasteiger partial charge on any atom is 0.340 e. The molecule has 4 rings (SSSR count). The first-order valence-electron chi connectivity index (χ1n) is 7.61. The third-order valence-corrected chi connectivity index (χ3v) is 5.58. The van der Waals surface area contributed by atoms with Gasteiger partial charge >= 0.3 is 5.97 Å². The number of halogens is 2. The van der Waals surface area contributed by atoms with Crippen LogP contribution in [-0.2, 0) is 10.3 Å². The Balaban J connectivity index is 2.08. The van der Waals surface area contributed by atoms with Gasteiger partial charge in [-0.2, -0.15) is 0 Å². The van der Waals surface area contributed by atoms with E-state index in [4.69, 9.17) is 4.74 Å². The summed E-state index contributed by atoms with van der Waals surface area (Å²) >= 11 is 6.75. The predicted molar refractivity (Wildman–Crippen MR) is 102 cm³/mol. The van der Waals surface area contributed by atoms with Crippen molar-refractivity contribution in [2.75, 3.05) is 0 Å². The number of rotatable bonds is 2. The third-order valence-electron chi connectivity index (χ3n) is 4.38. The van der Waals surface area contributed by atoms with Gasteiger partial charge in [0, 0.05) is 16.7 Å². The molecule has 5 heteroatoms. The molecular weight excluding hydrogens is 448 g/mol. The zero-order valence-electron chi connectivity index (χ0n) is 12.9. The van der Waals surface area contributed by atoms with Gasteiger partial charge in [0.2, 0.25) is 0 Å². The van der Waals surface area contributed by atoms with Crippen molar-refractivity contribution < 1.29 is 14.6 Å². The molecule has 25 heavy (non-hydrogen) atoms. The van der Waals surface area contributed by atoms with Crippen LogP contribution >= 0.6 is 31.9 Å². The van der Waals surface area contributed by atoms with Crippen molar-refractivity contribution >= 4 is 37.8 Å². The predicted octanol–water partition coefficient (Wildman–Crippen LogP) is 5.38. The molecule has 0 spiro atoms. The number of carbonyl (C=O) groups is 1. The molecule has 0 amide bonds. The van der Waals surface area contributed by atoms with Crippen LogP contribution in [0.2, 0.25) is 0 Å². The van der Waals surface area contributed by atoms with Crippen LogP contribution in [0.4, 0.5) is 0 Å². The van der Waals surface area contributed by atoms with E-state index in [1.54, 1.807) is 18.2 Å². The molecule has 0 aromatic heterocycles. The fourth-order valence-electron chi connectivity index (χ4n) is 3.25. The van der Waals surface area contributed by atoms with Crippen LogP contribution < -0.4 is 0 Å². The van der Waals surface area contributed by atoms with Gasteiger partial charge in [0.25, 0.3) is 0 Å². The summed E-state index contributed by atoms with van der Waals surface area (Å²) in [5, 5.41) is 10.1. The lowest BCUT2D eigenvalue weighted by atomic mass is 9.80. The van der Waals surface area contributed by atoms with E-state index in [0.717, 1.165) is 16.7 Å². The van der Waals surface area contributed by atoms with Crippen molar-refractivity contribution in [3.05, 3.63) is 97.9 Å². The van der Waals surface area contributed by atoms with Gasteiger partial charge < -0.3 is 9.84 Å². The molecule has 3 aromatic carbocycles. The number of aromatic hydroxyl groups is 1. The number of benzene rings is 3. The smallest absolute Gasteiger partial charge is 0.340 e. The number of phenolic OH excluding ortho intramolecular Hbond substituents is 1. The Kier molecular flexibility index (Phi) is 3.93. The molecule has 1 N–H and O–H groups in total. The third kappa shape index (κ3) is 2.41. The van der Waals surface area contributed by atoms with Crippen molar-refractivity contribution in [3.8, 4) is 5.75 Å². The van der Waals surface area contributed by atoms with Crippen LogP contribution in [0.25, 0.3) is 0 Å². The number of hydrogen-bond acceptors (Lipinski definition) is 3. The highest BCUT2D eigenvalue weighted by atomic mass is 79.9. The lowest BCUT2D eigenvalue weighted by Gasteiger charge is -2.30. The summed E-state index contributed by atoms with van der Waals surface area (Å²) in [4.78, 5) is 12.6. The van der Waals surface area contributed by atoms with Crippen molar-refractivity contribution in [1.82, 2.24) is 0 Å². The standard InChI is InChI=1S/C20H12Br2O3/c21-16-10-13(11-17(22)18(16)23)20(12-6-2-1-3-7-12)15-9-5-4-8-14(15)19(24)25-20/h1-11,23H/t20-/m0/s1. The number of hydrogen-bond donors (Lipinski definition) is 1. The maximum atomic E-state index is 12.6. The molecule has 0 saturated carbocycles. The largest absolute Gasteiger partial charge is 0.506 e. The van der Waals surface area contributed by atoms with E-state index in [2.05, 4.69) is 31.9 Å². The highest BCUT2D eigenvalue weighted by molar-refractivity contribution is 9.11. The average Bonchev–Trinajstić information content (AvgIpc) is 2.94. The SMILES string of the molecule is O=C1O[C@@](c2ccccc2)(c2cc(Br)c(O)c(Br)c2)c2ccccc21. The van der Waals surface area contributed by atoms with Crippen LogP contribution in [0.1, 0.15) is 27.0 Å². The zero-order valence-corrected chi connectivity index (χ0v) is 16.0. The second kappa shape index (κ2) is 6.00. The molecule has 1 atom stereocenters. The van der Waals surface area contributed by atoms with Gasteiger partial charge in [-0.15, -0.1) is 0 Å². The quantitative estimate of drug-likeness (QED) is 0.523. The number of carbonyl (C=O) groups excluding carboxylic acids is 1. The normalized spacial score (nSPS) is 18.7. The van der Waals surface area contributed by atoms with Crippen LogP contribution in [0.3, 0.4) is 0 Å². The number of fused-ring (bicyclic) bond motifs is 1. The number of esters is 1. The minimum Gasteiger partial charge on any atom is -0.506 e. The van der Waals surface area contributed by atoms with Crippen LogP contribution in [0, 0.1) is 0 Å². The van der Waals surface area contributed by atoms with E-state index in [0.29, 0.717) is 14.5 Å². The highest BCUT2D eigenvalue weighted by Crippen LogP contribution is 2.49. The fourth-order valence-corrected chi connectivity index (χ4v) is 4.44. The topological polar surface area (TPSA) is 46.5 Å². The van der Waals surface area contributed by atoms with Gasteiger partial charge in [-0.3, -0.25) is 0 Å². The summed E-state index contributed by atoms with van der Waals surface area (Å²) in [6.45, 7) is 0. The lowest BCUT2D eigenvalue weighted by molar-refractivity contribution is 0.0251. The Morgan fingerprint density at radius 2 is 1.44 bits per heavy atom. The molecule has 1 heterocycles. The Morgan fingerprint density at radius 3 is 2.12 bits per heavy atom. The number of phenols is 1. The van der Waals surface area contributed by atoms with Gasteiger partial charge in [-0.1, -0.05) is 48.5 Å². The number of ether oxygens (including phenoxy) is 1. The van der Waals surface area contributed by atoms with Crippen LogP contribution in [-0.4, -0.2) is 11.1 Å². The molecule has 0 saturated heterocycles. The summed E-state index contributed by atoms with van der Waals surface area (Å²) < 4.78 is 7.02. The molecular formula is C20H12Br2O3. The second-order valence-electron chi connectivity index (χ2n) is 5.77. The van der Waals surface area contributed by atoms with Gasteiger partial charge in [0.15, 0.2) is 5.60 Å². The van der Waals surface area contributed by atoms with Gasteiger partial charge in [-0.05, 0) is 50.1 Å². The Bertz CT molecular complexity index is 962. The summed E-state index contributed by atoms with van der Waals surface area (Å²) in [5.74, 6) is -0.260. The van der Waals surface area contributed by atoms with Crippen molar-refractivity contribution in [2.24, 2.45) is 0 Å². The minimum atomic E-state index is -1.06. The van der Waals surface area contributed by atoms with Crippen LogP contribution in [0.5, 0.6) is 5.75 Å². The van der Waals surface area contributed by atoms with E-state index in [9.17, 15) is 9.90 Å². The average molecular weight is 460 g/mol. The molecule has 0 bridgehead atoms. The van der Waals surface area contributed by atoms with Gasteiger partial charge in [0.1, 0.15) is 5.75 Å². The van der Waals surface area contributed by atoms with Gasteiger partial charge in [0.05, 0.1) is 14.5 Å².